The van der Waals surface area contributed by atoms with Gasteiger partial charge in [0, 0.05) is 19.8 Å². The van der Waals surface area contributed by atoms with Crippen LogP contribution in [0.4, 0.5) is 10.9 Å². The minimum absolute atomic E-state index is 0.146. The molecule has 34 heavy (non-hydrogen) atoms. The van der Waals surface area contributed by atoms with Crippen LogP contribution in [0.25, 0.3) is 0 Å². The summed E-state index contributed by atoms with van der Waals surface area (Å²) in [5.41, 5.74) is 2.81. The largest absolute Gasteiger partial charge is 0.309 e. The quantitative estimate of drug-likeness (QED) is 0.380. The first-order valence-electron chi connectivity index (χ1n) is 11.2. The second-order valence-corrected chi connectivity index (χ2v) is 9.11. The molecule has 1 aromatic carbocycles. The fourth-order valence-corrected chi connectivity index (χ4v) is 4.09. The molecule has 0 unspecified atom stereocenters. The molecule has 3 rings (SSSR count). The number of benzene rings is 1. The number of hydrogen-bond acceptors (Lipinski definition) is 8. The SMILES string of the molecule is CC(=O)CCc1cccc(CC(=O)Nc2nnc(CCCCc3ccc(NC(C)=O)nn3)s2)c1. The lowest BCUT2D eigenvalue weighted by atomic mass is 10.0. The number of ketones is 1. The molecule has 178 valence electrons. The molecule has 0 bridgehead atoms. The molecule has 9 nitrogen and oxygen atoms in total. The standard InChI is InChI=1S/C24H28N6O3S/c1-16(31)10-11-18-6-5-7-19(14-18)15-22(33)26-24-30-29-23(34-24)9-4-3-8-20-12-13-21(28-27-20)25-17(2)32/h5-7,12-14H,3-4,8-11,15H2,1-2H3,(H,25,28,32)(H,26,30,33). The zero-order valence-corrected chi connectivity index (χ0v) is 20.2. The number of Topliss-reactive ketones (excluding diaryl/α,β-unsaturated/α-hetero) is 1. The lowest BCUT2D eigenvalue weighted by Crippen LogP contribution is -2.14. The van der Waals surface area contributed by atoms with E-state index in [4.69, 9.17) is 0 Å². The van der Waals surface area contributed by atoms with Crippen molar-refractivity contribution in [3.05, 3.63) is 58.2 Å². The molecule has 0 aliphatic rings. The summed E-state index contributed by atoms with van der Waals surface area (Å²) in [7, 11) is 0. The second kappa shape index (κ2) is 12.6. The van der Waals surface area contributed by atoms with Gasteiger partial charge in [0.15, 0.2) is 5.82 Å². The molecule has 2 aromatic heterocycles. The molecule has 0 radical (unpaired) electrons. The van der Waals surface area contributed by atoms with Crippen LogP contribution in [-0.2, 0) is 40.1 Å². The summed E-state index contributed by atoms with van der Waals surface area (Å²) >= 11 is 1.38. The van der Waals surface area contributed by atoms with E-state index < -0.39 is 0 Å². The van der Waals surface area contributed by atoms with Crippen LogP contribution in [0.15, 0.2) is 36.4 Å². The second-order valence-electron chi connectivity index (χ2n) is 8.05. The number of carbonyl (C=O) groups is 3. The smallest absolute Gasteiger partial charge is 0.230 e. The average Bonchev–Trinajstić information content (AvgIpc) is 3.23. The highest BCUT2D eigenvalue weighted by molar-refractivity contribution is 7.15. The van der Waals surface area contributed by atoms with E-state index in [2.05, 4.69) is 31.0 Å². The van der Waals surface area contributed by atoms with E-state index in [0.717, 1.165) is 47.5 Å². The van der Waals surface area contributed by atoms with Crippen molar-refractivity contribution in [1.82, 2.24) is 20.4 Å². The van der Waals surface area contributed by atoms with Crippen LogP contribution < -0.4 is 10.6 Å². The number of carbonyl (C=O) groups excluding carboxylic acids is 3. The maximum absolute atomic E-state index is 12.4. The minimum atomic E-state index is -0.176. The van der Waals surface area contributed by atoms with Gasteiger partial charge in [0.05, 0.1) is 12.1 Å². The van der Waals surface area contributed by atoms with Crippen molar-refractivity contribution in [3.8, 4) is 0 Å². The van der Waals surface area contributed by atoms with Crippen LogP contribution in [0.3, 0.4) is 0 Å². The molecular weight excluding hydrogens is 452 g/mol. The van der Waals surface area contributed by atoms with Gasteiger partial charge in [0.2, 0.25) is 16.9 Å². The molecule has 0 saturated heterocycles. The van der Waals surface area contributed by atoms with Crippen LogP contribution in [-0.4, -0.2) is 38.0 Å². The van der Waals surface area contributed by atoms with Crippen LogP contribution in [0.5, 0.6) is 0 Å². The molecule has 2 amide bonds. The van der Waals surface area contributed by atoms with Crippen molar-refractivity contribution in [2.45, 2.75) is 58.8 Å². The maximum atomic E-state index is 12.4. The monoisotopic (exact) mass is 480 g/mol. The third-order valence-electron chi connectivity index (χ3n) is 4.93. The first kappa shape index (κ1) is 25.1. The highest BCUT2D eigenvalue weighted by Crippen LogP contribution is 2.18. The Hall–Kier alpha value is -3.53. The average molecular weight is 481 g/mol. The van der Waals surface area contributed by atoms with Gasteiger partial charge in [-0.15, -0.1) is 15.3 Å². The number of amides is 2. The summed E-state index contributed by atoms with van der Waals surface area (Å²) in [5.74, 6) is 0.277. The molecular formula is C24H28N6O3S. The summed E-state index contributed by atoms with van der Waals surface area (Å²) < 4.78 is 0. The molecule has 0 atom stereocenters. The van der Waals surface area contributed by atoms with E-state index in [1.165, 1.54) is 18.3 Å². The van der Waals surface area contributed by atoms with Gasteiger partial charge in [-0.05, 0) is 55.9 Å². The molecule has 2 heterocycles. The highest BCUT2D eigenvalue weighted by Gasteiger charge is 2.10. The number of rotatable bonds is 12. The molecule has 0 saturated carbocycles. The molecule has 0 aliphatic carbocycles. The first-order valence-corrected chi connectivity index (χ1v) is 12.0. The Morgan fingerprint density at radius 2 is 1.65 bits per heavy atom. The Morgan fingerprint density at radius 1 is 0.853 bits per heavy atom. The fraction of sp³-hybridized carbons (Fsp3) is 0.375. The van der Waals surface area contributed by atoms with Gasteiger partial charge < -0.3 is 15.4 Å². The predicted octanol–water partition coefficient (Wildman–Crippen LogP) is 3.55. The van der Waals surface area contributed by atoms with Gasteiger partial charge in [0.25, 0.3) is 0 Å². The summed E-state index contributed by atoms with van der Waals surface area (Å²) in [6.45, 7) is 3.01. The van der Waals surface area contributed by atoms with Gasteiger partial charge in [-0.2, -0.15) is 5.10 Å². The minimum Gasteiger partial charge on any atom is -0.309 e. The van der Waals surface area contributed by atoms with E-state index in [9.17, 15) is 14.4 Å². The first-order chi connectivity index (χ1) is 16.4. The van der Waals surface area contributed by atoms with Crippen LogP contribution in [0, 0.1) is 0 Å². The van der Waals surface area contributed by atoms with Gasteiger partial charge >= 0.3 is 0 Å². The summed E-state index contributed by atoms with van der Waals surface area (Å²) in [6, 6.07) is 11.3. The zero-order valence-electron chi connectivity index (χ0n) is 19.3. The number of anilines is 2. The van der Waals surface area contributed by atoms with Gasteiger partial charge in [-0.25, -0.2) is 0 Å². The molecule has 2 N–H and O–H groups in total. The molecule has 0 fully saturated rings. The zero-order chi connectivity index (χ0) is 24.3. The topological polar surface area (TPSA) is 127 Å². The normalized spacial score (nSPS) is 10.6. The van der Waals surface area contributed by atoms with Crippen molar-refractivity contribution < 1.29 is 14.4 Å². The number of aryl methyl sites for hydroxylation is 3. The van der Waals surface area contributed by atoms with Gasteiger partial charge in [-0.3, -0.25) is 9.59 Å². The van der Waals surface area contributed by atoms with Crippen molar-refractivity contribution in [2.75, 3.05) is 10.6 Å². The van der Waals surface area contributed by atoms with Crippen molar-refractivity contribution >= 4 is 39.9 Å². The fourth-order valence-electron chi connectivity index (χ4n) is 3.29. The van der Waals surface area contributed by atoms with Gasteiger partial charge in [0.1, 0.15) is 10.8 Å². The summed E-state index contributed by atoms with van der Waals surface area (Å²) in [4.78, 5) is 34.6. The molecule has 0 spiro atoms. The van der Waals surface area contributed by atoms with Gasteiger partial charge in [-0.1, -0.05) is 35.6 Å². The molecule has 10 heteroatoms. The summed E-state index contributed by atoms with van der Waals surface area (Å²) in [6.07, 6.45) is 4.79. The number of nitrogens with zero attached hydrogens (tertiary/aromatic N) is 4. The van der Waals surface area contributed by atoms with Crippen LogP contribution >= 0.6 is 11.3 Å². The molecule has 3 aromatic rings. The van der Waals surface area contributed by atoms with Crippen molar-refractivity contribution in [2.24, 2.45) is 0 Å². The Morgan fingerprint density at radius 3 is 2.38 bits per heavy atom. The van der Waals surface area contributed by atoms with E-state index in [0.29, 0.717) is 23.8 Å². The number of nitrogens with one attached hydrogen (secondary N) is 2. The number of hydrogen-bond donors (Lipinski definition) is 2. The Labute approximate surface area is 202 Å². The van der Waals surface area contributed by atoms with Crippen LogP contribution in [0.1, 0.15) is 54.9 Å². The Balaban J connectivity index is 1.39. The highest BCUT2D eigenvalue weighted by atomic mass is 32.1. The third kappa shape index (κ3) is 8.78. The van der Waals surface area contributed by atoms with E-state index in [-0.39, 0.29) is 24.0 Å². The maximum Gasteiger partial charge on any atom is 0.230 e. The predicted molar refractivity (Wildman–Crippen MR) is 131 cm³/mol. The summed E-state index contributed by atoms with van der Waals surface area (Å²) in [5, 5.41) is 23.1. The number of aromatic nitrogens is 4. The lowest BCUT2D eigenvalue weighted by molar-refractivity contribution is -0.117. The van der Waals surface area contributed by atoms with Crippen molar-refractivity contribution in [1.29, 1.82) is 0 Å². The van der Waals surface area contributed by atoms with Crippen molar-refractivity contribution in [3.63, 3.8) is 0 Å². The Kier molecular flexibility index (Phi) is 9.33. The molecule has 0 aliphatic heterocycles. The van der Waals surface area contributed by atoms with E-state index in [1.54, 1.807) is 13.0 Å². The lowest BCUT2D eigenvalue weighted by Gasteiger charge is -2.05. The van der Waals surface area contributed by atoms with E-state index >= 15 is 0 Å². The van der Waals surface area contributed by atoms with Crippen LogP contribution in [0.2, 0.25) is 0 Å². The number of unbranched alkanes of at least 4 members (excludes halogenated alkanes) is 1. The third-order valence-corrected chi connectivity index (χ3v) is 5.83. The van der Waals surface area contributed by atoms with E-state index in [1.807, 2.05) is 30.3 Å². The Bertz CT molecular complexity index is 1130.